The summed E-state index contributed by atoms with van der Waals surface area (Å²) in [7, 11) is 1.20. The number of nitroso groups, excluding NO2 is 1. The summed E-state index contributed by atoms with van der Waals surface area (Å²) < 4.78 is 6.91. The van der Waals surface area contributed by atoms with Crippen molar-refractivity contribution < 1.29 is 14.3 Å². The third kappa shape index (κ3) is 5.18. The Morgan fingerprint density at radius 1 is 1.62 bits per heavy atom. The summed E-state index contributed by atoms with van der Waals surface area (Å²) in [6.45, 7) is 1.27. The fourth-order valence-electron chi connectivity index (χ4n) is 0.661. The highest BCUT2D eigenvalue weighted by atomic mass is 32.2. The van der Waals surface area contributed by atoms with Crippen molar-refractivity contribution in [3.63, 3.8) is 0 Å². The summed E-state index contributed by atoms with van der Waals surface area (Å²) in [5, 5.41) is 2.33. The van der Waals surface area contributed by atoms with E-state index in [1.807, 2.05) is 0 Å². The van der Waals surface area contributed by atoms with Crippen LogP contribution in [0.15, 0.2) is 4.58 Å². The fraction of sp³-hybridized carbons (Fsp3) is 0.667. The molecule has 0 bridgehead atoms. The number of nitrogens with one attached hydrogen (secondary N) is 1. The first-order chi connectivity index (χ1) is 6.11. The van der Waals surface area contributed by atoms with Crippen LogP contribution in [-0.4, -0.2) is 30.8 Å². The van der Waals surface area contributed by atoms with Gasteiger partial charge in [-0.3, -0.25) is 4.79 Å². The van der Waals surface area contributed by atoms with Crippen LogP contribution in [0, 0.1) is 4.91 Å². The number of nitrogens with zero attached hydrogens (tertiary/aromatic N) is 1. The first-order valence-electron chi connectivity index (χ1n) is 3.41. The van der Waals surface area contributed by atoms with E-state index in [-0.39, 0.29) is 11.7 Å². The van der Waals surface area contributed by atoms with Crippen LogP contribution in [0.25, 0.3) is 0 Å². The third-order valence-electron chi connectivity index (χ3n) is 1.16. The van der Waals surface area contributed by atoms with E-state index < -0.39 is 12.0 Å². The number of esters is 1. The van der Waals surface area contributed by atoms with E-state index >= 15 is 0 Å². The van der Waals surface area contributed by atoms with Crippen molar-refractivity contribution in [2.75, 3.05) is 12.9 Å². The summed E-state index contributed by atoms with van der Waals surface area (Å²) in [6.07, 6.45) is 0. The lowest BCUT2D eigenvalue weighted by molar-refractivity contribution is -0.144. The minimum Gasteiger partial charge on any atom is -0.467 e. The molecular weight excluding hydrogens is 196 g/mol. The molecule has 1 N–H and O–H groups in total. The largest absolute Gasteiger partial charge is 0.467 e. The number of carbonyl (C=O) groups excluding carboxylic acids is 2. The van der Waals surface area contributed by atoms with E-state index in [1.165, 1.54) is 14.0 Å². The molecule has 0 aromatic rings. The third-order valence-corrected chi connectivity index (χ3v) is 1.74. The number of hydrogen-bond donors (Lipinski definition) is 1. The zero-order chi connectivity index (χ0) is 10.3. The van der Waals surface area contributed by atoms with Crippen LogP contribution in [0.5, 0.6) is 0 Å². The SMILES string of the molecule is COC(=O)[C@H](CSN=O)NC(C)=O. The minimum atomic E-state index is -0.815. The molecule has 0 radical (unpaired) electrons. The molecule has 74 valence electrons. The molecule has 0 heterocycles. The van der Waals surface area contributed by atoms with Gasteiger partial charge in [0.25, 0.3) is 0 Å². The summed E-state index contributed by atoms with van der Waals surface area (Å²) in [5.41, 5.74) is 0. The maximum atomic E-state index is 11.0. The van der Waals surface area contributed by atoms with Gasteiger partial charge >= 0.3 is 5.97 Å². The Morgan fingerprint density at radius 2 is 2.23 bits per heavy atom. The van der Waals surface area contributed by atoms with Crippen LogP contribution in [-0.2, 0) is 14.3 Å². The van der Waals surface area contributed by atoms with Crippen LogP contribution >= 0.6 is 11.9 Å². The summed E-state index contributed by atoms with van der Waals surface area (Å²) in [6, 6.07) is -0.815. The molecule has 0 aliphatic rings. The van der Waals surface area contributed by atoms with Gasteiger partial charge in [0, 0.05) is 29.2 Å². The second-order valence-corrected chi connectivity index (χ2v) is 2.89. The van der Waals surface area contributed by atoms with E-state index in [0.29, 0.717) is 11.9 Å². The number of rotatable bonds is 5. The Morgan fingerprint density at radius 3 is 2.62 bits per heavy atom. The molecule has 13 heavy (non-hydrogen) atoms. The number of carbonyl (C=O) groups is 2. The number of amides is 1. The van der Waals surface area contributed by atoms with E-state index in [1.54, 1.807) is 0 Å². The maximum absolute atomic E-state index is 11.0. The Balaban J connectivity index is 4.09. The van der Waals surface area contributed by atoms with Gasteiger partial charge in [0.05, 0.1) is 7.11 Å². The molecular formula is C6H10N2O4S. The molecule has 0 fully saturated rings. The molecule has 0 aliphatic carbocycles. The lowest BCUT2D eigenvalue weighted by Crippen LogP contribution is -2.42. The van der Waals surface area contributed by atoms with Crippen LogP contribution in [0.2, 0.25) is 0 Å². The highest BCUT2D eigenvalue weighted by molar-refractivity contribution is 7.97. The molecule has 7 heteroatoms. The number of hydrogen-bond acceptors (Lipinski definition) is 6. The van der Waals surface area contributed by atoms with Gasteiger partial charge in [0.1, 0.15) is 6.04 Å². The first kappa shape index (κ1) is 11.9. The molecule has 1 atom stereocenters. The molecule has 0 saturated carbocycles. The Kier molecular flexibility index (Phi) is 5.86. The monoisotopic (exact) mass is 206 g/mol. The Labute approximate surface area is 79.5 Å². The van der Waals surface area contributed by atoms with Gasteiger partial charge in [0.2, 0.25) is 5.91 Å². The van der Waals surface area contributed by atoms with Crippen LogP contribution in [0.1, 0.15) is 6.92 Å². The Bertz CT molecular complexity index is 209. The smallest absolute Gasteiger partial charge is 0.329 e. The van der Waals surface area contributed by atoms with Crippen LogP contribution < -0.4 is 5.32 Å². The molecule has 0 spiro atoms. The molecule has 6 nitrogen and oxygen atoms in total. The second-order valence-electron chi connectivity index (χ2n) is 2.15. The topological polar surface area (TPSA) is 84.8 Å². The molecule has 0 aromatic heterocycles. The summed E-state index contributed by atoms with van der Waals surface area (Å²) >= 11 is 0.656. The average Bonchev–Trinajstić information content (AvgIpc) is 2.10. The van der Waals surface area contributed by atoms with E-state index in [4.69, 9.17) is 0 Å². The Hall–Kier alpha value is -1.11. The zero-order valence-electron chi connectivity index (χ0n) is 7.27. The van der Waals surface area contributed by atoms with Crippen molar-refractivity contribution in [2.45, 2.75) is 13.0 Å². The quantitative estimate of drug-likeness (QED) is 0.391. The molecule has 0 unspecified atom stereocenters. The first-order valence-corrected chi connectivity index (χ1v) is 4.35. The number of ether oxygens (including phenoxy) is 1. The molecule has 0 aromatic carbocycles. The van der Waals surface area contributed by atoms with Crippen molar-refractivity contribution in [3.8, 4) is 0 Å². The fourth-order valence-corrected chi connectivity index (χ4v) is 1.09. The lowest BCUT2D eigenvalue weighted by Gasteiger charge is -2.12. The van der Waals surface area contributed by atoms with Gasteiger partial charge in [-0.2, -0.15) is 0 Å². The predicted octanol–water partition coefficient (Wildman–Crippen LogP) is 0.0787. The zero-order valence-corrected chi connectivity index (χ0v) is 8.09. The lowest BCUT2D eigenvalue weighted by atomic mass is 10.3. The normalized spacial score (nSPS) is 11.5. The van der Waals surface area contributed by atoms with Crippen LogP contribution in [0.3, 0.4) is 0 Å². The van der Waals surface area contributed by atoms with Gasteiger partial charge in [-0.05, 0) is 0 Å². The molecule has 0 aliphatic heterocycles. The minimum absolute atomic E-state index is 0.0791. The molecule has 0 rings (SSSR count). The van der Waals surface area contributed by atoms with Crippen molar-refractivity contribution in [1.29, 1.82) is 0 Å². The van der Waals surface area contributed by atoms with Gasteiger partial charge in [-0.1, -0.05) is 0 Å². The second kappa shape index (κ2) is 6.41. The van der Waals surface area contributed by atoms with Crippen molar-refractivity contribution in [1.82, 2.24) is 5.32 Å². The average molecular weight is 206 g/mol. The van der Waals surface area contributed by atoms with Gasteiger partial charge in [-0.15, -0.1) is 4.91 Å². The van der Waals surface area contributed by atoms with Crippen LogP contribution in [0.4, 0.5) is 0 Å². The van der Waals surface area contributed by atoms with E-state index in [0.717, 1.165) is 0 Å². The number of methoxy groups -OCH3 is 1. The maximum Gasteiger partial charge on any atom is 0.329 e. The van der Waals surface area contributed by atoms with Gasteiger partial charge in [-0.25, -0.2) is 4.79 Å². The van der Waals surface area contributed by atoms with E-state index in [2.05, 4.69) is 14.6 Å². The van der Waals surface area contributed by atoms with E-state index in [9.17, 15) is 14.5 Å². The predicted molar refractivity (Wildman–Crippen MR) is 47.9 cm³/mol. The molecule has 0 saturated heterocycles. The standard InChI is InChI=1S/C6H10N2O4S/c1-4(9)7-5(3-13-8-11)6(10)12-2/h5H,3H2,1-2H3,(H,7,9)/t5-/m0/s1. The van der Waals surface area contributed by atoms with Crippen molar-refractivity contribution in [2.24, 2.45) is 4.58 Å². The van der Waals surface area contributed by atoms with Crippen molar-refractivity contribution in [3.05, 3.63) is 4.91 Å². The highest BCUT2D eigenvalue weighted by Crippen LogP contribution is 2.04. The van der Waals surface area contributed by atoms with Gasteiger partial charge in [0.15, 0.2) is 0 Å². The summed E-state index contributed by atoms with van der Waals surface area (Å²) in [5.74, 6) is -0.872. The molecule has 1 amide bonds. The van der Waals surface area contributed by atoms with Gasteiger partial charge < -0.3 is 10.1 Å². The summed E-state index contributed by atoms with van der Waals surface area (Å²) in [4.78, 5) is 31.3. The highest BCUT2D eigenvalue weighted by Gasteiger charge is 2.20. The van der Waals surface area contributed by atoms with Crippen molar-refractivity contribution >= 4 is 23.8 Å².